The second kappa shape index (κ2) is 5.82. The molecule has 0 bridgehead atoms. The molecule has 0 amide bonds. The van der Waals surface area contributed by atoms with Crippen LogP contribution in [0.5, 0.6) is 5.75 Å². The molecule has 1 aliphatic heterocycles. The van der Waals surface area contributed by atoms with Crippen molar-refractivity contribution in [3.8, 4) is 5.75 Å². The van der Waals surface area contributed by atoms with E-state index in [9.17, 15) is 9.18 Å². The first-order valence-electron chi connectivity index (χ1n) is 6.02. The quantitative estimate of drug-likeness (QED) is 0.868. The van der Waals surface area contributed by atoms with Gasteiger partial charge >= 0.3 is 5.97 Å². The molecule has 2 rings (SSSR count). The zero-order valence-corrected chi connectivity index (χ0v) is 10.0. The van der Waals surface area contributed by atoms with Crippen LogP contribution >= 0.6 is 0 Å². The van der Waals surface area contributed by atoms with E-state index < -0.39 is 17.8 Å². The Bertz CT molecular complexity index is 424. The van der Waals surface area contributed by atoms with Crippen LogP contribution in [-0.4, -0.2) is 41.7 Å². The summed E-state index contributed by atoms with van der Waals surface area (Å²) in [4.78, 5) is 12.8. The fourth-order valence-corrected chi connectivity index (χ4v) is 2.21. The molecule has 0 radical (unpaired) electrons. The van der Waals surface area contributed by atoms with Gasteiger partial charge in [0.2, 0.25) is 0 Å². The second-order valence-electron chi connectivity index (χ2n) is 4.31. The number of ether oxygens (including phenoxy) is 1. The van der Waals surface area contributed by atoms with Gasteiger partial charge in [-0.1, -0.05) is 12.1 Å². The van der Waals surface area contributed by atoms with E-state index in [2.05, 4.69) is 0 Å². The molecule has 98 valence electrons. The SMILES string of the molecule is O=C(O)[C@@H]1CCCN1CCOc1ccccc1F. The Morgan fingerprint density at radius 2 is 2.28 bits per heavy atom. The topological polar surface area (TPSA) is 49.8 Å². The molecule has 1 aliphatic rings. The van der Waals surface area contributed by atoms with E-state index in [1.54, 1.807) is 18.2 Å². The molecule has 5 heteroatoms. The Labute approximate surface area is 105 Å². The number of likely N-dealkylation sites (tertiary alicyclic amines) is 1. The molecule has 1 aromatic rings. The lowest BCUT2D eigenvalue weighted by molar-refractivity contribution is -0.142. The fourth-order valence-electron chi connectivity index (χ4n) is 2.21. The smallest absolute Gasteiger partial charge is 0.320 e. The third-order valence-corrected chi connectivity index (χ3v) is 3.12. The van der Waals surface area contributed by atoms with Crippen molar-refractivity contribution in [1.29, 1.82) is 0 Å². The number of benzene rings is 1. The first kappa shape index (κ1) is 12.8. The molecule has 18 heavy (non-hydrogen) atoms. The monoisotopic (exact) mass is 253 g/mol. The van der Waals surface area contributed by atoms with Gasteiger partial charge in [-0.05, 0) is 31.5 Å². The third-order valence-electron chi connectivity index (χ3n) is 3.12. The molecule has 1 saturated heterocycles. The lowest BCUT2D eigenvalue weighted by Gasteiger charge is -2.20. The number of halogens is 1. The molecule has 0 spiro atoms. The number of carboxylic acid groups (broad SMARTS) is 1. The van der Waals surface area contributed by atoms with Crippen LogP contribution in [0.2, 0.25) is 0 Å². The highest BCUT2D eigenvalue weighted by molar-refractivity contribution is 5.73. The van der Waals surface area contributed by atoms with E-state index in [1.807, 2.05) is 4.90 Å². The van der Waals surface area contributed by atoms with Gasteiger partial charge in [0.05, 0.1) is 0 Å². The van der Waals surface area contributed by atoms with Crippen molar-refractivity contribution < 1.29 is 19.0 Å². The van der Waals surface area contributed by atoms with Crippen LogP contribution in [0.3, 0.4) is 0 Å². The molecule has 1 heterocycles. The van der Waals surface area contributed by atoms with Crippen molar-refractivity contribution in [3.05, 3.63) is 30.1 Å². The van der Waals surface area contributed by atoms with E-state index >= 15 is 0 Å². The van der Waals surface area contributed by atoms with E-state index in [4.69, 9.17) is 9.84 Å². The molecule has 1 N–H and O–H groups in total. The maximum absolute atomic E-state index is 13.3. The Morgan fingerprint density at radius 3 is 3.00 bits per heavy atom. The van der Waals surface area contributed by atoms with E-state index in [0.29, 0.717) is 19.6 Å². The number of rotatable bonds is 5. The first-order valence-corrected chi connectivity index (χ1v) is 6.02. The van der Waals surface area contributed by atoms with Crippen molar-refractivity contribution in [1.82, 2.24) is 4.90 Å². The molecular formula is C13H16FNO3. The van der Waals surface area contributed by atoms with Gasteiger partial charge < -0.3 is 9.84 Å². The van der Waals surface area contributed by atoms with Crippen LogP contribution in [0.15, 0.2) is 24.3 Å². The molecule has 0 aliphatic carbocycles. The van der Waals surface area contributed by atoms with Crippen molar-refractivity contribution >= 4 is 5.97 Å². The van der Waals surface area contributed by atoms with Crippen molar-refractivity contribution in [2.75, 3.05) is 19.7 Å². The Hall–Kier alpha value is -1.62. The highest BCUT2D eigenvalue weighted by Gasteiger charge is 2.29. The van der Waals surface area contributed by atoms with Gasteiger partial charge in [0.25, 0.3) is 0 Å². The van der Waals surface area contributed by atoms with Crippen LogP contribution in [0.25, 0.3) is 0 Å². The zero-order valence-electron chi connectivity index (χ0n) is 10.0. The predicted molar refractivity (Wildman–Crippen MR) is 64.1 cm³/mol. The number of para-hydroxylation sites is 1. The van der Waals surface area contributed by atoms with Crippen LogP contribution in [0.1, 0.15) is 12.8 Å². The maximum atomic E-state index is 13.3. The predicted octanol–water partition coefficient (Wildman–Crippen LogP) is 1.75. The van der Waals surface area contributed by atoms with Gasteiger partial charge in [0.1, 0.15) is 12.6 Å². The summed E-state index contributed by atoms with van der Waals surface area (Å²) >= 11 is 0. The van der Waals surface area contributed by atoms with Crippen LogP contribution in [0, 0.1) is 5.82 Å². The first-order chi connectivity index (χ1) is 8.68. The van der Waals surface area contributed by atoms with E-state index in [0.717, 1.165) is 13.0 Å². The number of carbonyl (C=O) groups is 1. The summed E-state index contributed by atoms with van der Waals surface area (Å²) in [5.41, 5.74) is 0. The van der Waals surface area contributed by atoms with Gasteiger partial charge in [0.15, 0.2) is 11.6 Å². The van der Waals surface area contributed by atoms with Crippen LogP contribution in [-0.2, 0) is 4.79 Å². The summed E-state index contributed by atoms with van der Waals surface area (Å²) in [6.45, 7) is 1.56. The van der Waals surface area contributed by atoms with Crippen LogP contribution in [0.4, 0.5) is 4.39 Å². The van der Waals surface area contributed by atoms with Crippen molar-refractivity contribution in [3.63, 3.8) is 0 Å². The van der Waals surface area contributed by atoms with Crippen molar-refractivity contribution in [2.45, 2.75) is 18.9 Å². The maximum Gasteiger partial charge on any atom is 0.320 e. The van der Waals surface area contributed by atoms with Gasteiger partial charge in [-0.15, -0.1) is 0 Å². The molecule has 0 aromatic heterocycles. The molecule has 0 unspecified atom stereocenters. The highest BCUT2D eigenvalue weighted by atomic mass is 19.1. The fraction of sp³-hybridized carbons (Fsp3) is 0.462. The summed E-state index contributed by atoms with van der Waals surface area (Å²) in [7, 11) is 0. The summed E-state index contributed by atoms with van der Waals surface area (Å²) in [5.74, 6) is -0.976. The molecule has 0 saturated carbocycles. The lowest BCUT2D eigenvalue weighted by Crippen LogP contribution is -2.38. The lowest BCUT2D eigenvalue weighted by atomic mass is 10.2. The van der Waals surface area contributed by atoms with Gasteiger partial charge in [0, 0.05) is 6.54 Å². The minimum absolute atomic E-state index is 0.212. The Kier molecular flexibility index (Phi) is 4.15. The number of hydrogen-bond donors (Lipinski definition) is 1. The summed E-state index contributed by atoms with van der Waals surface area (Å²) in [6, 6.07) is 5.78. The average Bonchev–Trinajstić information content (AvgIpc) is 2.80. The number of nitrogens with zero attached hydrogens (tertiary/aromatic N) is 1. The Balaban J connectivity index is 1.82. The third kappa shape index (κ3) is 2.98. The minimum Gasteiger partial charge on any atom is -0.489 e. The van der Waals surface area contributed by atoms with Crippen molar-refractivity contribution in [2.24, 2.45) is 0 Å². The summed E-state index contributed by atoms with van der Waals surface area (Å²) in [5, 5.41) is 9.00. The second-order valence-corrected chi connectivity index (χ2v) is 4.31. The number of carboxylic acids is 1. The largest absolute Gasteiger partial charge is 0.489 e. The van der Waals surface area contributed by atoms with Gasteiger partial charge in [-0.2, -0.15) is 0 Å². The average molecular weight is 253 g/mol. The molecule has 4 nitrogen and oxygen atoms in total. The summed E-state index contributed by atoms with van der Waals surface area (Å²) in [6.07, 6.45) is 1.56. The number of hydrogen-bond acceptors (Lipinski definition) is 3. The molecule has 1 fully saturated rings. The minimum atomic E-state index is -0.793. The number of aliphatic carboxylic acids is 1. The molecule has 1 aromatic carbocycles. The van der Waals surface area contributed by atoms with Gasteiger partial charge in [-0.3, -0.25) is 9.69 Å². The normalized spacial score (nSPS) is 19.9. The summed E-state index contributed by atoms with van der Waals surface area (Å²) < 4.78 is 18.6. The Morgan fingerprint density at radius 1 is 1.50 bits per heavy atom. The zero-order chi connectivity index (χ0) is 13.0. The van der Waals surface area contributed by atoms with Crippen LogP contribution < -0.4 is 4.74 Å². The molecular weight excluding hydrogens is 237 g/mol. The standard InChI is InChI=1S/C13H16FNO3/c14-10-4-1-2-6-12(10)18-9-8-15-7-3-5-11(15)13(16)17/h1-2,4,6,11H,3,5,7-9H2,(H,16,17)/t11-/m0/s1. The van der Waals surface area contributed by atoms with E-state index in [-0.39, 0.29) is 5.75 Å². The van der Waals surface area contributed by atoms with E-state index in [1.165, 1.54) is 6.07 Å². The highest BCUT2D eigenvalue weighted by Crippen LogP contribution is 2.18. The van der Waals surface area contributed by atoms with Gasteiger partial charge in [-0.25, -0.2) is 4.39 Å². The molecule has 1 atom stereocenters.